The quantitative estimate of drug-likeness (QED) is 0.604. The third kappa shape index (κ3) is 1.35. The van der Waals surface area contributed by atoms with Crippen LogP contribution in [0.15, 0.2) is 41.0 Å². The largest absolute Gasteiger partial charge is 0.299 e. The molecule has 0 atom stereocenters. The first kappa shape index (κ1) is 8.92. The highest BCUT2D eigenvalue weighted by Crippen LogP contribution is 2.21. The molecule has 0 saturated heterocycles. The summed E-state index contributed by atoms with van der Waals surface area (Å²) in [6.45, 7) is 2.01. The van der Waals surface area contributed by atoms with Gasteiger partial charge in [-0.25, -0.2) is 4.98 Å². The van der Waals surface area contributed by atoms with Crippen LogP contribution >= 0.6 is 15.9 Å². The maximum atomic E-state index is 4.44. The summed E-state index contributed by atoms with van der Waals surface area (Å²) in [7, 11) is 0. The van der Waals surface area contributed by atoms with E-state index in [1.54, 1.807) is 0 Å². The average molecular weight is 261 g/mol. The Hall–Kier alpha value is -1.35. The fourth-order valence-corrected chi connectivity index (χ4v) is 2.21. The van der Waals surface area contributed by atoms with E-state index in [0.717, 1.165) is 15.8 Å². The molecule has 2 aromatic heterocycles. The number of nitrogens with zero attached hydrogens (tertiary/aromatic N) is 2. The third-order valence-corrected chi connectivity index (χ3v) is 3.01. The molecule has 0 fully saturated rings. The van der Waals surface area contributed by atoms with Crippen LogP contribution in [0, 0.1) is 6.92 Å². The van der Waals surface area contributed by atoms with Crippen LogP contribution in [0.25, 0.3) is 16.6 Å². The molecule has 0 aliphatic heterocycles. The van der Waals surface area contributed by atoms with Crippen molar-refractivity contribution in [1.82, 2.24) is 9.38 Å². The highest BCUT2D eigenvalue weighted by atomic mass is 79.9. The minimum Gasteiger partial charge on any atom is -0.299 e. The second kappa shape index (κ2) is 3.07. The van der Waals surface area contributed by atoms with Crippen LogP contribution in [-0.4, -0.2) is 9.38 Å². The summed E-state index contributed by atoms with van der Waals surface area (Å²) in [6.07, 6.45) is 2.06. The molecular formula is C12H9BrN2. The van der Waals surface area contributed by atoms with Gasteiger partial charge in [-0.05, 0) is 36.6 Å². The van der Waals surface area contributed by atoms with Crippen LogP contribution in [-0.2, 0) is 0 Å². The van der Waals surface area contributed by atoms with E-state index in [4.69, 9.17) is 0 Å². The summed E-state index contributed by atoms with van der Waals surface area (Å²) >= 11 is 3.49. The van der Waals surface area contributed by atoms with Gasteiger partial charge >= 0.3 is 0 Å². The van der Waals surface area contributed by atoms with E-state index < -0.39 is 0 Å². The van der Waals surface area contributed by atoms with Gasteiger partial charge in [-0.1, -0.05) is 22.0 Å². The van der Waals surface area contributed by atoms with Crippen molar-refractivity contribution in [2.45, 2.75) is 6.92 Å². The predicted octanol–water partition coefficient (Wildman–Crippen LogP) is 3.56. The SMILES string of the molecule is Cc1cn2c(ccc3ccc(Br)cc32)n1. The lowest BCUT2D eigenvalue weighted by Crippen LogP contribution is -1.86. The number of imidazole rings is 1. The molecule has 0 saturated carbocycles. The van der Waals surface area contributed by atoms with Crippen molar-refractivity contribution in [3.8, 4) is 0 Å². The van der Waals surface area contributed by atoms with E-state index in [9.17, 15) is 0 Å². The number of hydrogen-bond acceptors (Lipinski definition) is 1. The van der Waals surface area contributed by atoms with Crippen molar-refractivity contribution in [2.75, 3.05) is 0 Å². The number of fused-ring (bicyclic) bond motifs is 3. The Balaban J connectivity index is 2.56. The van der Waals surface area contributed by atoms with Crippen LogP contribution in [0.5, 0.6) is 0 Å². The van der Waals surface area contributed by atoms with Crippen molar-refractivity contribution in [2.24, 2.45) is 0 Å². The molecule has 0 radical (unpaired) electrons. The molecule has 0 bridgehead atoms. The van der Waals surface area contributed by atoms with Gasteiger partial charge in [0.25, 0.3) is 0 Å². The fourth-order valence-electron chi connectivity index (χ4n) is 1.86. The summed E-state index contributed by atoms with van der Waals surface area (Å²) in [5, 5.41) is 1.23. The topological polar surface area (TPSA) is 17.3 Å². The van der Waals surface area contributed by atoms with Gasteiger partial charge in [0, 0.05) is 10.7 Å². The van der Waals surface area contributed by atoms with E-state index in [-0.39, 0.29) is 0 Å². The molecule has 2 heterocycles. The Kier molecular flexibility index (Phi) is 1.83. The van der Waals surface area contributed by atoms with Gasteiger partial charge in [0.05, 0.1) is 11.2 Å². The zero-order valence-corrected chi connectivity index (χ0v) is 9.82. The number of aromatic nitrogens is 2. The van der Waals surface area contributed by atoms with Crippen molar-refractivity contribution >= 4 is 32.5 Å². The molecule has 2 nitrogen and oxygen atoms in total. The number of halogens is 1. The van der Waals surface area contributed by atoms with Gasteiger partial charge in [-0.2, -0.15) is 0 Å². The smallest absolute Gasteiger partial charge is 0.137 e. The highest BCUT2D eigenvalue weighted by molar-refractivity contribution is 9.10. The first-order chi connectivity index (χ1) is 7.24. The van der Waals surface area contributed by atoms with Crippen molar-refractivity contribution in [3.63, 3.8) is 0 Å². The summed E-state index contributed by atoms with van der Waals surface area (Å²) < 4.78 is 3.21. The molecule has 3 aromatic rings. The molecule has 3 heteroatoms. The van der Waals surface area contributed by atoms with Gasteiger partial charge in [0.1, 0.15) is 5.65 Å². The lowest BCUT2D eigenvalue weighted by molar-refractivity contribution is 1.25. The van der Waals surface area contributed by atoms with Crippen LogP contribution < -0.4 is 0 Å². The number of hydrogen-bond donors (Lipinski definition) is 0. The van der Waals surface area contributed by atoms with E-state index in [2.05, 4.69) is 55.8 Å². The number of benzene rings is 1. The predicted molar refractivity (Wildman–Crippen MR) is 65.1 cm³/mol. The van der Waals surface area contributed by atoms with Crippen LogP contribution in [0.2, 0.25) is 0 Å². The van der Waals surface area contributed by atoms with Crippen molar-refractivity contribution in [1.29, 1.82) is 0 Å². The fraction of sp³-hybridized carbons (Fsp3) is 0.0833. The van der Waals surface area contributed by atoms with E-state index >= 15 is 0 Å². The lowest BCUT2D eigenvalue weighted by Gasteiger charge is -2.01. The van der Waals surface area contributed by atoms with Gasteiger partial charge in [-0.15, -0.1) is 0 Å². The molecule has 0 aliphatic carbocycles. The second-order valence-corrected chi connectivity index (χ2v) is 4.56. The zero-order valence-electron chi connectivity index (χ0n) is 8.24. The van der Waals surface area contributed by atoms with Crippen LogP contribution in [0.3, 0.4) is 0 Å². The summed E-state index contributed by atoms with van der Waals surface area (Å²) in [5.74, 6) is 0. The molecule has 3 rings (SSSR count). The maximum Gasteiger partial charge on any atom is 0.137 e. The summed E-state index contributed by atoms with van der Waals surface area (Å²) in [6, 6.07) is 10.4. The Labute approximate surface area is 95.7 Å². The number of pyridine rings is 1. The first-order valence-electron chi connectivity index (χ1n) is 4.78. The molecule has 1 aromatic carbocycles. The summed E-state index contributed by atoms with van der Waals surface area (Å²) in [4.78, 5) is 4.44. The zero-order chi connectivity index (χ0) is 10.4. The van der Waals surface area contributed by atoms with Gasteiger partial charge in [0.15, 0.2) is 0 Å². The standard InChI is InChI=1S/C12H9BrN2/c1-8-7-15-11-6-10(13)4-2-9(11)3-5-12(15)14-8/h2-7H,1H3. The Bertz CT molecular complexity index is 655. The van der Waals surface area contributed by atoms with Gasteiger partial charge in [-0.3, -0.25) is 4.40 Å². The molecule has 74 valence electrons. The Morgan fingerprint density at radius 2 is 2.00 bits per heavy atom. The van der Waals surface area contributed by atoms with Crippen LogP contribution in [0.1, 0.15) is 5.69 Å². The number of aryl methyl sites for hydroxylation is 1. The molecule has 0 aliphatic rings. The van der Waals surface area contributed by atoms with Crippen LogP contribution in [0.4, 0.5) is 0 Å². The average Bonchev–Trinajstić information content (AvgIpc) is 2.58. The molecule has 15 heavy (non-hydrogen) atoms. The second-order valence-electron chi connectivity index (χ2n) is 3.65. The summed E-state index contributed by atoms with van der Waals surface area (Å²) in [5.41, 5.74) is 3.23. The maximum absolute atomic E-state index is 4.44. The molecule has 0 spiro atoms. The first-order valence-corrected chi connectivity index (χ1v) is 5.57. The van der Waals surface area contributed by atoms with E-state index in [1.807, 2.05) is 13.0 Å². The minimum atomic E-state index is 0.998. The minimum absolute atomic E-state index is 0.998. The highest BCUT2D eigenvalue weighted by Gasteiger charge is 2.02. The third-order valence-electron chi connectivity index (χ3n) is 2.52. The van der Waals surface area contributed by atoms with Crippen molar-refractivity contribution < 1.29 is 0 Å². The van der Waals surface area contributed by atoms with Gasteiger partial charge < -0.3 is 0 Å². The van der Waals surface area contributed by atoms with Gasteiger partial charge in [0.2, 0.25) is 0 Å². The Morgan fingerprint density at radius 3 is 2.87 bits per heavy atom. The lowest BCUT2D eigenvalue weighted by atomic mass is 10.2. The molecule has 0 unspecified atom stereocenters. The molecule has 0 N–H and O–H groups in total. The molecule has 0 amide bonds. The molecular weight excluding hydrogens is 252 g/mol. The normalized spacial score (nSPS) is 11.3. The monoisotopic (exact) mass is 260 g/mol. The van der Waals surface area contributed by atoms with E-state index in [1.165, 1.54) is 10.9 Å². The van der Waals surface area contributed by atoms with Crippen molar-refractivity contribution in [3.05, 3.63) is 46.7 Å². The number of rotatable bonds is 0. The van der Waals surface area contributed by atoms with E-state index in [0.29, 0.717) is 0 Å². The Morgan fingerprint density at radius 1 is 1.20 bits per heavy atom.